The Labute approximate surface area is 182 Å². The average Bonchev–Trinajstić information content (AvgIpc) is 3.47. The van der Waals surface area contributed by atoms with Gasteiger partial charge in [0.15, 0.2) is 23.1 Å². The van der Waals surface area contributed by atoms with Gasteiger partial charge >= 0.3 is 0 Å². The van der Waals surface area contributed by atoms with E-state index < -0.39 is 0 Å². The number of anilines is 1. The maximum atomic E-state index is 12.4. The minimum Gasteiger partial charge on any atom is -0.493 e. The van der Waals surface area contributed by atoms with E-state index in [0.717, 1.165) is 24.2 Å². The number of hydrogen-bond acceptors (Lipinski definition) is 5. The summed E-state index contributed by atoms with van der Waals surface area (Å²) in [5, 5.41) is 2.95. The first-order valence-electron chi connectivity index (χ1n) is 10.9. The Balaban J connectivity index is 1.28. The van der Waals surface area contributed by atoms with E-state index in [1.165, 1.54) is 12.8 Å². The molecule has 0 spiro atoms. The number of carbonyl (C=O) groups is 1. The number of rotatable bonds is 9. The van der Waals surface area contributed by atoms with Gasteiger partial charge < -0.3 is 19.2 Å². The molecule has 1 aliphatic rings. The normalized spacial score (nSPS) is 13.8. The number of nitrogens with zero attached hydrogens (tertiary/aromatic N) is 1. The fourth-order valence-electron chi connectivity index (χ4n) is 3.82. The van der Waals surface area contributed by atoms with Crippen molar-refractivity contribution in [1.82, 2.24) is 4.98 Å². The molecule has 1 amide bonds. The maximum Gasteiger partial charge on any atom is 0.224 e. The minimum absolute atomic E-state index is 0.0492. The van der Waals surface area contributed by atoms with E-state index >= 15 is 0 Å². The van der Waals surface area contributed by atoms with Crippen LogP contribution in [0.4, 0.5) is 5.69 Å². The number of carbonyl (C=O) groups excluding carboxylic acids is 1. The molecule has 0 unspecified atom stereocenters. The molecule has 1 heterocycles. The van der Waals surface area contributed by atoms with Crippen LogP contribution in [0.5, 0.6) is 11.5 Å². The fraction of sp³-hybridized carbons (Fsp3) is 0.360. The molecule has 0 atom stereocenters. The largest absolute Gasteiger partial charge is 0.493 e. The number of hydrogen-bond donors (Lipinski definition) is 1. The van der Waals surface area contributed by atoms with Gasteiger partial charge in [-0.15, -0.1) is 0 Å². The van der Waals surface area contributed by atoms with Crippen molar-refractivity contribution in [3.8, 4) is 22.8 Å². The molecule has 1 aromatic heterocycles. The summed E-state index contributed by atoms with van der Waals surface area (Å²) in [6.07, 6.45) is 8.12. The minimum atomic E-state index is -0.0492. The average molecular weight is 421 g/mol. The van der Waals surface area contributed by atoms with Gasteiger partial charge in [-0.25, -0.2) is 4.98 Å². The van der Waals surface area contributed by atoms with Crippen molar-refractivity contribution >= 4 is 11.6 Å². The highest BCUT2D eigenvalue weighted by Gasteiger charge is 2.19. The summed E-state index contributed by atoms with van der Waals surface area (Å²) in [5.74, 6) is 2.70. The zero-order chi connectivity index (χ0) is 21.5. The summed E-state index contributed by atoms with van der Waals surface area (Å²) in [4.78, 5) is 16.7. The van der Waals surface area contributed by atoms with Crippen molar-refractivity contribution in [2.75, 3.05) is 12.4 Å². The van der Waals surface area contributed by atoms with Crippen LogP contribution < -0.4 is 14.8 Å². The first-order valence-corrected chi connectivity index (χ1v) is 10.9. The zero-order valence-electron chi connectivity index (χ0n) is 17.8. The van der Waals surface area contributed by atoms with Crippen LogP contribution in [0.1, 0.15) is 44.4 Å². The third-order valence-electron chi connectivity index (χ3n) is 5.45. The second-order valence-corrected chi connectivity index (χ2v) is 7.78. The summed E-state index contributed by atoms with van der Waals surface area (Å²) >= 11 is 0. The summed E-state index contributed by atoms with van der Waals surface area (Å²) in [6.45, 7) is 0. The molecule has 1 aliphatic carbocycles. The molecule has 6 nitrogen and oxygen atoms in total. The molecular formula is C25H28N2O4. The van der Waals surface area contributed by atoms with Crippen molar-refractivity contribution in [2.45, 2.75) is 51.0 Å². The van der Waals surface area contributed by atoms with E-state index in [-0.39, 0.29) is 12.0 Å². The molecule has 2 aromatic carbocycles. The number of nitrogens with one attached hydrogen (secondary N) is 1. The molecule has 6 heteroatoms. The lowest BCUT2D eigenvalue weighted by Crippen LogP contribution is -2.14. The highest BCUT2D eigenvalue weighted by Crippen LogP contribution is 2.34. The number of benzene rings is 2. The van der Waals surface area contributed by atoms with Crippen LogP contribution in [0, 0.1) is 0 Å². The second kappa shape index (κ2) is 10.2. The van der Waals surface area contributed by atoms with Crippen molar-refractivity contribution in [3.05, 3.63) is 60.6 Å². The van der Waals surface area contributed by atoms with Crippen LogP contribution in [0.25, 0.3) is 11.3 Å². The Morgan fingerprint density at radius 2 is 1.94 bits per heavy atom. The molecule has 1 saturated carbocycles. The van der Waals surface area contributed by atoms with E-state index in [9.17, 15) is 4.79 Å². The van der Waals surface area contributed by atoms with E-state index in [1.54, 1.807) is 13.3 Å². The Kier molecular flexibility index (Phi) is 6.87. The summed E-state index contributed by atoms with van der Waals surface area (Å²) in [6, 6.07) is 15.4. The molecular weight excluding hydrogens is 392 g/mol. The van der Waals surface area contributed by atoms with Gasteiger partial charge in [0.25, 0.3) is 0 Å². The SMILES string of the molecule is COc1ccc(NC(=O)CCCc2ncc(-c3ccccc3)o2)cc1OC1CCCC1. The predicted molar refractivity (Wildman–Crippen MR) is 119 cm³/mol. The first kappa shape index (κ1) is 21.0. The Hall–Kier alpha value is -3.28. The molecule has 1 N–H and O–H groups in total. The van der Waals surface area contributed by atoms with E-state index in [1.807, 2.05) is 48.5 Å². The lowest BCUT2D eigenvalue weighted by molar-refractivity contribution is -0.116. The quantitative estimate of drug-likeness (QED) is 0.485. The fourth-order valence-corrected chi connectivity index (χ4v) is 3.82. The molecule has 3 aromatic rings. The second-order valence-electron chi connectivity index (χ2n) is 7.78. The van der Waals surface area contributed by atoms with Gasteiger partial charge in [0.1, 0.15) is 0 Å². The molecule has 31 heavy (non-hydrogen) atoms. The van der Waals surface area contributed by atoms with Crippen LogP contribution in [-0.2, 0) is 11.2 Å². The summed E-state index contributed by atoms with van der Waals surface area (Å²) in [7, 11) is 1.63. The zero-order valence-corrected chi connectivity index (χ0v) is 17.8. The predicted octanol–water partition coefficient (Wildman–Crippen LogP) is 5.63. The molecule has 0 saturated heterocycles. The lowest BCUT2D eigenvalue weighted by Gasteiger charge is -2.17. The molecule has 4 rings (SSSR count). The van der Waals surface area contributed by atoms with E-state index in [2.05, 4.69) is 10.3 Å². The highest BCUT2D eigenvalue weighted by atomic mass is 16.5. The molecule has 162 valence electrons. The van der Waals surface area contributed by atoms with Crippen molar-refractivity contribution in [1.29, 1.82) is 0 Å². The van der Waals surface area contributed by atoms with Crippen molar-refractivity contribution in [3.63, 3.8) is 0 Å². The number of oxazole rings is 1. The Bertz CT molecular complexity index is 994. The van der Waals surface area contributed by atoms with Gasteiger partial charge in [0, 0.05) is 30.2 Å². The maximum absolute atomic E-state index is 12.4. The van der Waals surface area contributed by atoms with Crippen LogP contribution in [0.15, 0.2) is 59.1 Å². The third kappa shape index (κ3) is 5.66. The topological polar surface area (TPSA) is 73.6 Å². The lowest BCUT2D eigenvalue weighted by atomic mass is 10.2. The van der Waals surface area contributed by atoms with Crippen molar-refractivity contribution < 1.29 is 18.7 Å². The van der Waals surface area contributed by atoms with Gasteiger partial charge in [0.2, 0.25) is 5.91 Å². The van der Waals surface area contributed by atoms with Gasteiger partial charge in [-0.3, -0.25) is 4.79 Å². The van der Waals surface area contributed by atoms with Gasteiger partial charge in [-0.05, 0) is 44.2 Å². The smallest absolute Gasteiger partial charge is 0.224 e. The number of ether oxygens (including phenoxy) is 2. The number of methoxy groups -OCH3 is 1. The van der Waals surface area contributed by atoms with Gasteiger partial charge in [-0.2, -0.15) is 0 Å². The first-order chi connectivity index (χ1) is 15.2. The molecule has 0 bridgehead atoms. The van der Waals surface area contributed by atoms with Gasteiger partial charge in [0.05, 0.1) is 19.4 Å². The van der Waals surface area contributed by atoms with Crippen LogP contribution in [0.2, 0.25) is 0 Å². The third-order valence-corrected chi connectivity index (χ3v) is 5.45. The van der Waals surface area contributed by atoms with E-state index in [0.29, 0.717) is 42.3 Å². The Morgan fingerprint density at radius 1 is 1.13 bits per heavy atom. The number of aryl methyl sites for hydroxylation is 1. The van der Waals surface area contributed by atoms with Crippen LogP contribution >= 0.6 is 0 Å². The molecule has 0 radical (unpaired) electrons. The highest BCUT2D eigenvalue weighted by molar-refractivity contribution is 5.91. The standard InChI is InChI=1S/C25H28N2O4/c1-29-21-15-14-19(16-22(21)30-20-10-5-6-11-20)27-24(28)12-7-13-25-26-17-23(31-25)18-8-3-2-4-9-18/h2-4,8-9,14-17,20H,5-7,10-13H2,1H3,(H,27,28). The van der Waals surface area contributed by atoms with Crippen LogP contribution in [0.3, 0.4) is 0 Å². The summed E-state index contributed by atoms with van der Waals surface area (Å²) < 4.78 is 17.3. The van der Waals surface area contributed by atoms with Crippen LogP contribution in [-0.4, -0.2) is 24.1 Å². The molecule has 1 fully saturated rings. The summed E-state index contributed by atoms with van der Waals surface area (Å²) in [5.41, 5.74) is 1.70. The Morgan fingerprint density at radius 3 is 2.71 bits per heavy atom. The van der Waals surface area contributed by atoms with Crippen molar-refractivity contribution in [2.24, 2.45) is 0 Å². The van der Waals surface area contributed by atoms with Gasteiger partial charge in [-0.1, -0.05) is 30.3 Å². The monoisotopic (exact) mass is 420 g/mol. The molecule has 0 aliphatic heterocycles. The number of aromatic nitrogens is 1. The number of amides is 1. The van der Waals surface area contributed by atoms with E-state index in [4.69, 9.17) is 13.9 Å².